The molecule has 1 aromatic rings. The van der Waals surface area contributed by atoms with Crippen LogP contribution in [0.15, 0.2) is 18.2 Å². The van der Waals surface area contributed by atoms with Crippen LogP contribution in [0.25, 0.3) is 0 Å². The summed E-state index contributed by atoms with van der Waals surface area (Å²) in [6.07, 6.45) is 1.05. The lowest BCUT2D eigenvalue weighted by molar-refractivity contribution is -0.384. The van der Waals surface area contributed by atoms with Crippen molar-refractivity contribution in [3.63, 3.8) is 0 Å². The maximum Gasteiger partial charge on any atom is 0.293 e. The Morgan fingerprint density at radius 3 is 2.65 bits per heavy atom. The molecule has 0 radical (unpaired) electrons. The van der Waals surface area contributed by atoms with Crippen molar-refractivity contribution >= 4 is 34.0 Å². The van der Waals surface area contributed by atoms with E-state index in [0.717, 1.165) is 9.99 Å². The fraction of sp³-hybridized carbons (Fsp3) is 0.500. The third-order valence-corrected chi connectivity index (χ3v) is 3.71. The number of halogens is 1. The van der Waals surface area contributed by atoms with Gasteiger partial charge in [-0.05, 0) is 47.6 Å². The van der Waals surface area contributed by atoms with E-state index < -0.39 is 0 Å². The molecule has 5 heteroatoms. The largest absolute Gasteiger partial charge is 0.377 e. The van der Waals surface area contributed by atoms with Gasteiger partial charge in [-0.25, -0.2) is 0 Å². The number of nitrogens with one attached hydrogen (secondary N) is 1. The molecule has 0 heterocycles. The standard InChI is InChI=1S/C12H17IN2O2/c1-4-8(2)9(3)14-11-6-5-10(13)7-12(11)15(16)17/h5-9,14H,4H2,1-3H3. The first-order chi connectivity index (χ1) is 7.95. The van der Waals surface area contributed by atoms with Crippen LogP contribution in [0.2, 0.25) is 0 Å². The van der Waals surface area contributed by atoms with Crippen LogP contribution in [-0.4, -0.2) is 11.0 Å². The van der Waals surface area contributed by atoms with Gasteiger partial charge in [-0.15, -0.1) is 0 Å². The summed E-state index contributed by atoms with van der Waals surface area (Å²) in [5.41, 5.74) is 0.746. The average Bonchev–Trinajstić information content (AvgIpc) is 2.29. The zero-order chi connectivity index (χ0) is 13.0. The van der Waals surface area contributed by atoms with Crippen molar-refractivity contribution in [2.45, 2.75) is 33.2 Å². The monoisotopic (exact) mass is 348 g/mol. The molecule has 0 spiro atoms. The lowest BCUT2D eigenvalue weighted by Crippen LogP contribution is -2.23. The van der Waals surface area contributed by atoms with Gasteiger partial charge < -0.3 is 5.32 Å². The molecule has 0 fully saturated rings. The molecule has 94 valence electrons. The molecule has 0 amide bonds. The molecule has 4 nitrogen and oxygen atoms in total. The van der Waals surface area contributed by atoms with Crippen molar-refractivity contribution in [2.24, 2.45) is 5.92 Å². The van der Waals surface area contributed by atoms with Gasteiger partial charge >= 0.3 is 0 Å². The van der Waals surface area contributed by atoms with E-state index in [1.54, 1.807) is 12.1 Å². The van der Waals surface area contributed by atoms with E-state index >= 15 is 0 Å². The predicted molar refractivity (Wildman–Crippen MR) is 78.4 cm³/mol. The number of nitrogens with zero attached hydrogens (tertiary/aromatic N) is 1. The molecular formula is C12H17IN2O2. The van der Waals surface area contributed by atoms with Gasteiger partial charge in [-0.2, -0.15) is 0 Å². The second-order valence-electron chi connectivity index (χ2n) is 4.24. The maximum atomic E-state index is 11.0. The van der Waals surface area contributed by atoms with Crippen LogP contribution in [0.4, 0.5) is 11.4 Å². The summed E-state index contributed by atoms with van der Waals surface area (Å²) < 4.78 is 0.871. The Morgan fingerprint density at radius 2 is 2.12 bits per heavy atom. The Balaban J connectivity index is 2.94. The second kappa shape index (κ2) is 6.18. The van der Waals surface area contributed by atoms with Crippen LogP contribution >= 0.6 is 22.6 Å². The molecule has 2 unspecified atom stereocenters. The van der Waals surface area contributed by atoms with E-state index in [0.29, 0.717) is 11.6 Å². The molecule has 17 heavy (non-hydrogen) atoms. The maximum absolute atomic E-state index is 11.0. The summed E-state index contributed by atoms with van der Waals surface area (Å²) in [6, 6.07) is 5.46. The Morgan fingerprint density at radius 1 is 1.47 bits per heavy atom. The van der Waals surface area contributed by atoms with E-state index in [9.17, 15) is 10.1 Å². The Labute approximate surface area is 115 Å². The minimum absolute atomic E-state index is 0.145. The number of benzene rings is 1. The zero-order valence-corrected chi connectivity index (χ0v) is 12.4. The number of hydrogen-bond acceptors (Lipinski definition) is 3. The lowest BCUT2D eigenvalue weighted by Gasteiger charge is -2.20. The smallest absolute Gasteiger partial charge is 0.293 e. The summed E-state index contributed by atoms with van der Waals surface area (Å²) in [5.74, 6) is 0.480. The van der Waals surface area contributed by atoms with Crippen LogP contribution in [0.1, 0.15) is 27.2 Å². The minimum Gasteiger partial charge on any atom is -0.377 e. The molecular weight excluding hydrogens is 331 g/mol. The lowest BCUT2D eigenvalue weighted by atomic mass is 10.0. The number of rotatable bonds is 5. The normalized spacial score (nSPS) is 14.1. The van der Waals surface area contributed by atoms with E-state index in [1.807, 2.05) is 6.07 Å². The molecule has 0 saturated carbocycles. The molecule has 1 aromatic carbocycles. The van der Waals surface area contributed by atoms with Gasteiger partial charge in [-0.1, -0.05) is 20.3 Å². The second-order valence-corrected chi connectivity index (χ2v) is 5.48. The van der Waals surface area contributed by atoms with Crippen LogP contribution in [-0.2, 0) is 0 Å². The van der Waals surface area contributed by atoms with E-state index in [1.165, 1.54) is 0 Å². The Kier molecular flexibility index (Phi) is 5.17. The highest BCUT2D eigenvalue weighted by Gasteiger charge is 2.17. The SMILES string of the molecule is CCC(C)C(C)Nc1ccc(I)cc1[N+](=O)[O-]. The highest BCUT2D eigenvalue weighted by molar-refractivity contribution is 14.1. The zero-order valence-electron chi connectivity index (χ0n) is 10.2. The van der Waals surface area contributed by atoms with Crippen molar-refractivity contribution in [3.05, 3.63) is 31.9 Å². The van der Waals surface area contributed by atoms with Crippen LogP contribution in [0.5, 0.6) is 0 Å². The van der Waals surface area contributed by atoms with Crippen LogP contribution in [0.3, 0.4) is 0 Å². The first kappa shape index (κ1) is 14.2. The predicted octanol–water partition coefficient (Wildman–Crippen LogP) is 4.05. The number of hydrogen-bond donors (Lipinski definition) is 1. The Hall–Kier alpha value is -0.850. The summed E-state index contributed by atoms with van der Waals surface area (Å²) in [7, 11) is 0. The fourth-order valence-corrected chi connectivity index (χ4v) is 1.99. The van der Waals surface area contributed by atoms with E-state index in [2.05, 4.69) is 48.7 Å². The molecule has 0 aliphatic carbocycles. The third-order valence-electron chi connectivity index (χ3n) is 3.04. The summed E-state index contributed by atoms with van der Waals surface area (Å²) >= 11 is 2.08. The van der Waals surface area contributed by atoms with Crippen molar-refractivity contribution in [1.29, 1.82) is 0 Å². The van der Waals surface area contributed by atoms with Crippen molar-refractivity contribution in [1.82, 2.24) is 0 Å². The van der Waals surface area contributed by atoms with Gasteiger partial charge in [0, 0.05) is 15.7 Å². The molecule has 0 saturated heterocycles. The molecule has 2 atom stereocenters. The summed E-state index contributed by atoms with van der Waals surface area (Å²) in [4.78, 5) is 10.6. The van der Waals surface area contributed by atoms with Gasteiger partial charge in [0.1, 0.15) is 5.69 Å². The van der Waals surface area contributed by atoms with Crippen molar-refractivity contribution < 1.29 is 4.92 Å². The average molecular weight is 348 g/mol. The third kappa shape index (κ3) is 3.83. The van der Waals surface area contributed by atoms with Gasteiger partial charge in [0.25, 0.3) is 5.69 Å². The molecule has 0 aliphatic heterocycles. The van der Waals surface area contributed by atoms with Crippen molar-refractivity contribution in [2.75, 3.05) is 5.32 Å². The van der Waals surface area contributed by atoms with E-state index in [-0.39, 0.29) is 16.7 Å². The van der Waals surface area contributed by atoms with Gasteiger partial charge in [0.2, 0.25) is 0 Å². The first-order valence-electron chi connectivity index (χ1n) is 5.66. The number of nitro groups is 1. The van der Waals surface area contributed by atoms with Crippen molar-refractivity contribution in [3.8, 4) is 0 Å². The number of nitro benzene ring substituents is 1. The molecule has 1 rings (SSSR count). The number of anilines is 1. The highest BCUT2D eigenvalue weighted by Crippen LogP contribution is 2.28. The van der Waals surface area contributed by atoms with Crippen LogP contribution in [0, 0.1) is 19.6 Å². The topological polar surface area (TPSA) is 55.2 Å². The molecule has 0 bridgehead atoms. The first-order valence-corrected chi connectivity index (χ1v) is 6.74. The quantitative estimate of drug-likeness (QED) is 0.496. The van der Waals surface area contributed by atoms with Gasteiger partial charge in [-0.3, -0.25) is 10.1 Å². The molecule has 0 aliphatic rings. The van der Waals surface area contributed by atoms with Gasteiger partial charge in [0.05, 0.1) is 4.92 Å². The van der Waals surface area contributed by atoms with E-state index in [4.69, 9.17) is 0 Å². The van der Waals surface area contributed by atoms with Crippen LogP contribution < -0.4 is 5.32 Å². The minimum atomic E-state index is -0.339. The summed E-state index contributed by atoms with van der Waals surface area (Å²) in [6.45, 7) is 6.30. The van der Waals surface area contributed by atoms with Gasteiger partial charge in [0.15, 0.2) is 0 Å². The molecule has 0 aromatic heterocycles. The summed E-state index contributed by atoms with van der Waals surface area (Å²) in [5, 5.41) is 14.2. The molecule has 1 N–H and O–H groups in total. The highest BCUT2D eigenvalue weighted by atomic mass is 127. The fourth-order valence-electron chi connectivity index (χ4n) is 1.52. The Bertz CT molecular complexity index is 409.